The van der Waals surface area contributed by atoms with Crippen molar-refractivity contribution in [3.63, 3.8) is 0 Å². The fourth-order valence-electron chi connectivity index (χ4n) is 1.59. The molecule has 0 aliphatic heterocycles. The average molecular weight is 267 g/mol. The van der Waals surface area contributed by atoms with E-state index in [-0.39, 0.29) is 5.69 Å². The Kier molecular flexibility index (Phi) is 3.53. The molecule has 0 fully saturated rings. The van der Waals surface area contributed by atoms with Gasteiger partial charge in [-0.1, -0.05) is 17.7 Å². The van der Waals surface area contributed by atoms with E-state index in [1.54, 1.807) is 31.4 Å². The molecule has 18 heavy (non-hydrogen) atoms. The molecule has 0 spiro atoms. The maximum absolute atomic E-state index is 11.3. The SMILES string of the molecule is COC(=O)c1cc(-c2c(Cl)cccc2OC)n[nH]1. The van der Waals surface area contributed by atoms with E-state index in [1.807, 2.05) is 0 Å². The van der Waals surface area contributed by atoms with Gasteiger partial charge in [0.25, 0.3) is 0 Å². The lowest BCUT2D eigenvalue weighted by Crippen LogP contribution is -2.00. The van der Waals surface area contributed by atoms with Gasteiger partial charge in [0.2, 0.25) is 0 Å². The number of ether oxygens (including phenoxy) is 2. The Morgan fingerprint density at radius 2 is 2.17 bits per heavy atom. The summed E-state index contributed by atoms with van der Waals surface area (Å²) in [6.45, 7) is 0. The number of nitrogens with zero attached hydrogens (tertiary/aromatic N) is 1. The minimum atomic E-state index is -0.486. The lowest BCUT2D eigenvalue weighted by atomic mass is 10.1. The normalized spacial score (nSPS) is 10.2. The van der Waals surface area contributed by atoms with Crippen LogP contribution in [0, 0.1) is 0 Å². The molecule has 0 amide bonds. The lowest BCUT2D eigenvalue weighted by Gasteiger charge is -2.07. The molecular formula is C12H11ClN2O3. The molecule has 5 nitrogen and oxygen atoms in total. The second kappa shape index (κ2) is 5.10. The molecule has 0 unspecified atom stereocenters. The quantitative estimate of drug-likeness (QED) is 0.867. The number of halogens is 1. The van der Waals surface area contributed by atoms with Crippen LogP contribution in [0.2, 0.25) is 5.02 Å². The highest BCUT2D eigenvalue weighted by Crippen LogP contribution is 2.35. The molecule has 0 radical (unpaired) electrons. The van der Waals surface area contributed by atoms with E-state index in [9.17, 15) is 4.79 Å². The number of H-pyrrole nitrogens is 1. The van der Waals surface area contributed by atoms with E-state index in [4.69, 9.17) is 16.3 Å². The summed E-state index contributed by atoms with van der Waals surface area (Å²) < 4.78 is 9.82. The van der Waals surface area contributed by atoms with Crippen molar-refractivity contribution in [3.8, 4) is 17.0 Å². The van der Waals surface area contributed by atoms with Gasteiger partial charge in [0.1, 0.15) is 11.4 Å². The third-order valence-electron chi connectivity index (χ3n) is 2.43. The summed E-state index contributed by atoms with van der Waals surface area (Å²) in [6.07, 6.45) is 0. The highest BCUT2D eigenvalue weighted by atomic mass is 35.5. The monoisotopic (exact) mass is 266 g/mol. The van der Waals surface area contributed by atoms with E-state index in [0.29, 0.717) is 22.0 Å². The van der Waals surface area contributed by atoms with Crippen LogP contribution in [-0.4, -0.2) is 30.4 Å². The van der Waals surface area contributed by atoms with Crippen molar-refractivity contribution in [2.75, 3.05) is 14.2 Å². The predicted molar refractivity (Wildman–Crippen MR) is 66.9 cm³/mol. The number of benzene rings is 1. The maximum atomic E-state index is 11.3. The van der Waals surface area contributed by atoms with E-state index < -0.39 is 5.97 Å². The molecule has 1 aromatic carbocycles. The van der Waals surface area contributed by atoms with Crippen LogP contribution in [0.3, 0.4) is 0 Å². The van der Waals surface area contributed by atoms with Crippen molar-refractivity contribution >= 4 is 17.6 Å². The minimum Gasteiger partial charge on any atom is -0.496 e. The second-order valence-corrected chi connectivity index (χ2v) is 3.88. The predicted octanol–water partition coefficient (Wildman–Crippen LogP) is 2.53. The van der Waals surface area contributed by atoms with Gasteiger partial charge in [-0.15, -0.1) is 0 Å². The number of esters is 1. The largest absolute Gasteiger partial charge is 0.496 e. The van der Waals surface area contributed by atoms with E-state index in [0.717, 1.165) is 0 Å². The van der Waals surface area contributed by atoms with Crippen LogP contribution < -0.4 is 4.74 Å². The van der Waals surface area contributed by atoms with Gasteiger partial charge < -0.3 is 9.47 Å². The zero-order valence-corrected chi connectivity index (χ0v) is 10.6. The van der Waals surface area contributed by atoms with Gasteiger partial charge in [-0.2, -0.15) is 5.10 Å². The Bertz CT molecular complexity index is 580. The Balaban J connectivity index is 2.49. The van der Waals surface area contributed by atoms with E-state index in [2.05, 4.69) is 14.9 Å². The maximum Gasteiger partial charge on any atom is 0.356 e. The van der Waals surface area contributed by atoms with Crippen LogP contribution in [0.15, 0.2) is 24.3 Å². The van der Waals surface area contributed by atoms with E-state index in [1.165, 1.54) is 7.11 Å². The molecule has 0 aliphatic carbocycles. The lowest BCUT2D eigenvalue weighted by molar-refractivity contribution is 0.0594. The smallest absolute Gasteiger partial charge is 0.356 e. The fourth-order valence-corrected chi connectivity index (χ4v) is 1.85. The average Bonchev–Trinajstić information content (AvgIpc) is 2.86. The first-order valence-electron chi connectivity index (χ1n) is 5.14. The van der Waals surface area contributed by atoms with Crippen molar-refractivity contribution in [3.05, 3.63) is 35.0 Å². The summed E-state index contributed by atoms with van der Waals surface area (Å²) in [4.78, 5) is 11.3. The number of methoxy groups -OCH3 is 2. The summed E-state index contributed by atoms with van der Waals surface area (Å²) >= 11 is 6.12. The van der Waals surface area contributed by atoms with Crippen molar-refractivity contribution in [1.29, 1.82) is 0 Å². The Hall–Kier alpha value is -2.01. The van der Waals surface area contributed by atoms with Crippen molar-refractivity contribution in [2.45, 2.75) is 0 Å². The number of aromatic nitrogens is 2. The molecule has 0 saturated carbocycles. The van der Waals surface area contributed by atoms with Crippen molar-refractivity contribution in [2.24, 2.45) is 0 Å². The van der Waals surface area contributed by atoms with Crippen LogP contribution in [0.4, 0.5) is 0 Å². The highest BCUT2D eigenvalue weighted by Gasteiger charge is 2.16. The van der Waals surface area contributed by atoms with Crippen LogP contribution in [-0.2, 0) is 4.74 Å². The van der Waals surface area contributed by atoms with Gasteiger partial charge in [-0.25, -0.2) is 4.79 Å². The van der Waals surface area contributed by atoms with Crippen molar-refractivity contribution < 1.29 is 14.3 Å². The number of hydrogen-bond acceptors (Lipinski definition) is 4. The standard InChI is InChI=1S/C12H11ClN2O3/c1-17-10-5-3-4-7(13)11(10)8-6-9(15-14-8)12(16)18-2/h3-6H,1-2H3,(H,14,15). The van der Waals surface area contributed by atoms with E-state index >= 15 is 0 Å². The Morgan fingerprint density at radius 1 is 1.39 bits per heavy atom. The number of aromatic amines is 1. The Labute approximate surface area is 109 Å². The van der Waals surface area contributed by atoms with Gasteiger partial charge in [-0.05, 0) is 18.2 Å². The van der Waals surface area contributed by atoms with Gasteiger partial charge in [0, 0.05) is 0 Å². The molecule has 0 bridgehead atoms. The van der Waals surface area contributed by atoms with Crippen LogP contribution in [0.25, 0.3) is 11.3 Å². The van der Waals surface area contributed by atoms with Gasteiger partial charge in [-0.3, -0.25) is 5.10 Å². The molecule has 0 atom stereocenters. The summed E-state index contributed by atoms with van der Waals surface area (Å²) in [6, 6.07) is 6.84. The molecule has 2 rings (SSSR count). The van der Waals surface area contributed by atoms with Crippen molar-refractivity contribution in [1.82, 2.24) is 10.2 Å². The van der Waals surface area contributed by atoms with Gasteiger partial charge in [0.15, 0.2) is 0 Å². The summed E-state index contributed by atoms with van der Waals surface area (Å²) in [5.74, 6) is 0.102. The summed E-state index contributed by atoms with van der Waals surface area (Å²) in [5.41, 5.74) is 1.42. The van der Waals surface area contributed by atoms with Gasteiger partial charge in [0.05, 0.1) is 30.5 Å². The molecular weight excluding hydrogens is 256 g/mol. The molecule has 0 aliphatic rings. The molecule has 1 aromatic heterocycles. The summed E-state index contributed by atoms with van der Waals surface area (Å²) in [7, 11) is 2.85. The third-order valence-corrected chi connectivity index (χ3v) is 2.75. The first-order valence-corrected chi connectivity index (χ1v) is 5.51. The van der Waals surface area contributed by atoms with Gasteiger partial charge >= 0.3 is 5.97 Å². The number of carbonyl (C=O) groups is 1. The summed E-state index contributed by atoms with van der Waals surface area (Å²) in [5, 5.41) is 7.13. The minimum absolute atomic E-state index is 0.259. The van der Waals surface area contributed by atoms with Crippen LogP contribution in [0.1, 0.15) is 10.5 Å². The molecule has 6 heteroatoms. The molecule has 2 aromatic rings. The third kappa shape index (κ3) is 2.17. The molecule has 1 N–H and O–H groups in total. The van der Waals surface area contributed by atoms with Crippen LogP contribution in [0.5, 0.6) is 5.75 Å². The number of hydrogen-bond donors (Lipinski definition) is 1. The molecule has 94 valence electrons. The number of rotatable bonds is 3. The van der Waals surface area contributed by atoms with Crippen LogP contribution >= 0.6 is 11.6 Å². The molecule has 1 heterocycles. The first-order chi connectivity index (χ1) is 8.67. The fraction of sp³-hybridized carbons (Fsp3) is 0.167. The topological polar surface area (TPSA) is 64.2 Å². The number of nitrogens with one attached hydrogen (secondary N) is 1. The number of carbonyl (C=O) groups excluding carboxylic acids is 1. The highest BCUT2D eigenvalue weighted by molar-refractivity contribution is 6.33. The second-order valence-electron chi connectivity index (χ2n) is 3.48. The zero-order chi connectivity index (χ0) is 13.1. The molecule has 0 saturated heterocycles. The first kappa shape index (κ1) is 12.4. The Morgan fingerprint density at radius 3 is 2.83 bits per heavy atom. The zero-order valence-electron chi connectivity index (χ0n) is 9.86.